The SMILES string of the molecule is CCOC(=O)C1(OC)CCNC1. The van der Waals surface area contributed by atoms with E-state index in [1.54, 1.807) is 14.0 Å². The van der Waals surface area contributed by atoms with Crippen molar-refractivity contribution in [3.8, 4) is 0 Å². The molecule has 1 fully saturated rings. The molecule has 0 aromatic carbocycles. The Bertz CT molecular complexity index is 164. The molecule has 0 aromatic rings. The smallest absolute Gasteiger partial charge is 0.339 e. The minimum Gasteiger partial charge on any atom is -0.464 e. The van der Waals surface area contributed by atoms with Crippen LogP contribution in [0.4, 0.5) is 0 Å². The lowest BCUT2D eigenvalue weighted by atomic mass is 10.0. The van der Waals surface area contributed by atoms with E-state index in [2.05, 4.69) is 5.32 Å². The second-order valence-corrected chi connectivity index (χ2v) is 2.85. The van der Waals surface area contributed by atoms with Gasteiger partial charge in [-0.05, 0) is 13.5 Å². The third kappa shape index (κ3) is 1.59. The molecular formula is C8H15NO3. The molecule has 1 unspecified atom stereocenters. The van der Waals surface area contributed by atoms with Crippen LogP contribution in [0.15, 0.2) is 0 Å². The highest BCUT2D eigenvalue weighted by molar-refractivity contribution is 5.80. The molecule has 70 valence electrons. The summed E-state index contributed by atoms with van der Waals surface area (Å²) in [4.78, 5) is 11.4. The maximum Gasteiger partial charge on any atom is 0.339 e. The minimum absolute atomic E-state index is 0.252. The predicted molar refractivity (Wildman–Crippen MR) is 43.9 cm³/mol. The van der Waals surface area contributed by atoms with Crippen LogP contribution in [0.1, 0.15) is 13.3 Å². The van der Waals surface area contributed by atoms with E-state index in [-0.39, 0.29) is 5.97 Å². The second kappa shape index (κ2) is 3.87. The van der Waals surface area contributed by atoms with Crippen LogP contribution in [0.3, 0.4) is 0 Å². The first-order valence-electron chi connectivity index (χ1n) is 4.18. The van der Waals surface area contributed by atoms with Gasteiger partial charge in [-0.25, -0.2) is 4.79 Å². The van der Waals surface area contributed by atoms with Crippen LogP contribution >= 0.6 is 0 Å². The van der Waals surface area contributed by atoms with Crippen molar-refractivity contribution < 1.29 is 14.3 Å². The molecule has 0 bridgehead atoms. The third-order valence-corrected chi connectivity index (χ3v) is 2.15. The Hall–Kier alpha value is -0.610. The molecule has 0 saturated carbocycles. The van der Waals surface area contributed by atoms with Gasteiger partial charge in [-0.15, -0.1) is 0 Å². The number of ether oxygens (including phenoxy) is 2. The van der Waals surface area contributed by atoms with E-state index in [1.807, 2.05) is 0 Å². The Morgan fingerprint density at radius 3 is 2.83 bits per heavy atom. The molecule has 1 heterocycles. The van der Waals surface area contributed by atoms with Crippen LogP contribution in [-0.2, 0) is 14.3 Å². The second-order valence-electron chi connectivity index (χ2n) is 2.85. The lowest BCUT2D eigenvalue weighted by Crippen LogP contribution is -2.44. The van der Waals surface area contributed by atoms with Gasteiger partial charge in [0, 0.05) is 20.1 Å². The largest absolute Gasteiger partial charge is 0.464 e. The molecule has 1 atom stereocenters. The van der Waals surface area contributed by atoms with Gasteiger partial charge >= 0.3 is 5.97 Å². The molecule has 0 amide bonds. The molecule has 4 heteroatoms. The first kappa shape index (κ1) is 9.48. The molecule has 4 nitrogen and oxygen atoms in total. The normalized spacial score (nSPS) is 28.8. The van der Waals surface area contributed by atoms with E-state index >= 15 is 0 Å². The van der Waals surface area contributed by atoms with E-state index in [0.29, 0.717) is 19.6 Å². The lowest BCUT2D eigenvalue weighted by Gasteiger charge is -2.23. The Labute approximate surface area is 72.2 Å². The Balaban J connectivity index is 2.59. The van der Waals surface area contributed by atoms with Gasteiger partial charge in [0.25, 0.3) is 0 Å². The van der Waals surface area contributed by atoms with Crippen molar-refractivity contribution in [2.45, 2.75) is 18.9 Å². The maximum absolute atomic E-state index is 11.4. The van der Waals surface area contributed by atoms with Crippen LogP contribution in [0, 0.1) is 0 Å². The molecule has 1 aliphatic rings. The van der Waals surface area contributed by atoms with Crippen LogP contribution < -0.4 is 5.32 Å². The van der Waals surface area contributed by atoms with Crippen molar-refractivity contribution >= 4 is 5.97 Å². The van der Waals surface area contributed by atoms with E-state index in [0.717, 1.165) is 6.54 Å². The minimum atomic E-state index is -0.726. The van der Waals surface area contributed by atoms with Crippen molar-refractivity contribution in [1.82, 2.24) is 5.32 Å². The topological polar surface area (TPSA) is 47.6 Å². The molecule has 1 saturated heterocycles. The number of hydrogen-bond donors (Lipinski definition) is 1. The Kier molecular flexibility index (Phi) is 3.05. The predicted octanol–water partition coefficient (Wildman–Crippen LogP) is -0.0720. The lowest BCUT2D eigenvalue weighted by molar-refractivity contribution is -0.166. The fraction of sp³-hybridized carbons (Fsp3) is 0.875. The Morgan fingerprint density at radius 1 is 1.67 bits per heavy atom. The van der Waals surface area contributed by atoms with Gasteiger partial charge in [0.15, 0.2) is 5.60 Å². The summed E-state index contributed by atoms with van der Waals surface area (Å²) in [6, 6.07) is 0. The van der Waals surface area contributed by atoms with E-state index in [9.17, 15) is 4.79 Å². The van der Waals surface area contributed by atoms with Crippen molar-refractivity contribution in [2.24, 2.45) is 0 Å². The molecule has 0 spiro atoms. The monoisotopic (exact) mass is 173 g/mol. The molecule has 1 N–H and O–H groups in total. The van der Waals surface area contributed by atoms with E-state index in [1.165, 1.54) is 0 Å². The fourth-order valence-electron chi connectivity index (χ4n) is 1.36. The molecule has 0 aliphatic carbocycles. The zero-order valence-corrected chi connectivity index (χ0v) is 7.55. The van der Waals surface area contributed by atoms with Crippen molar-refractivity contribution in [2.75, 3.05) is 26.8 Å². The first-order valence-corrected chi connectivity index (χ1v) is 4.18. The summed E-state index contributed by atoms with van der Waals surface area (Å²) in [6.45, 7) is 3.57. The average molecular weight is 173 g/mol. The molecule has 0 radical (unpaired) electrons. The van der Waals surface area contributed by atoms with E-state index < -0.39 is 5.60 Å². The number of hydrogen-bond acceptors (Lipinski definition) is 4. The number of nitrogens with one attached hydrogen (secondary N) is 1. The van der Waals surface area contributed by atoms with Crippen LogP contribution in [-0.4, -0.2) is 38.4 Å². The van der Waals surface area contributed by atoms with Crippen LogP contribution in [0.25, 0.3) is 0 Å². The van der Waals surface area contributed by atoms with Gasteiger partial charge in [-0.3, -0.25) is 0 Å². The first-order chi connectivity index (χ1) is 5.75. The van der Waals surface area contributed by atoms with Gasteiger partial charge in [0.2, 0.25) is 0 Å². The summed E-state index contributed by atoms with van der Waals surface area (Å²) in [5.41, 5.74) is -0.726. The number of methoxy groups -OCH3 is 1. The van der Waals surface area contributed by atoms with Gasteiger partial charge in [0.05, 0.1) is 6.61 Å². The summed E-state index contributed by atoms with van der Waals surface area (Å²) < 4.78 is 10.1. The molecule has 12 heavy (non-hydrogen) atoms. The van der Waals surface area contributed by atoms with Crippen molar-refractivity contribution in [3.63, 3.8) is 0 Å². The molecular weight excluding hydrogens is 158 g/mol. The maximum atomic E-state index is 11.4. The zero-order valence-electron chi connectivity index (χ0n) is 7.55. The summed E-state index contributed by atoms with van der Waals surface area (Å²) >= 11 is 0. The number of carbonyl (C=O) groups is 1. The Morgan fingerprint density at radius 2 is 2.42 bits per heavy atom. The summed E-state index contributed by atoms with van der Waals surface area (Å²) in [5.74, 6) is -0.252. The number of esters is 1. The fourth-order valence-corrected chi connectivity index (χ4v) is 1.36. The molecule has 1 rings (SSSR count). The summed E-state index contributed by atoms with van der Waals surface area (Å²) in [5, 5.41) is 3.08. The third-order valence-electron chi connectivity index (χ3n) is 2.15. The van der Waals surface area contributed by atoms with E-state index in [4.69, 9.17) is 9.47 Å². The summed E-state index contributed by atoms with van der Waals surface area (Å²) in [6.07, 6.45) is 0.697. The average Bonchev–Trinajstić information content (AvgIpc) is 2.54. The van der Waals surface area contributed by atoms with Gasteiger partial charge in [-0.2, -0.15) is 0 Å². The van der Waals surface area contributed by atoms with Crippen molar-refractivity contribution in [1.29, 1.82) is 0 Å². The van der Waals surface area contributed by atoms with Crippen molar-refractivity contribution in [3.05, 3.63) is 0 Å². The van der Waals surface area contributed by atoms with Gasteiger partial charge < -0.3 is 14.8 Å². The van der Waals surface area contributed by atoms with Crippen LogP contribution in [0.2, 0.25) is 0 Å². The van der Waals surface area contributed by atoms with Gasteiger partial charge in [-0.1, -0.05) is 0 Å². The summed E-state index contributed by atoms with van der Waals surface area (Å²) in [7, 11) is 1.55. The number of rotatable bonds is 3. The highest BCUT2D eigenvalue weighted by Crippen LogP contribution is 2.20. The highest BCUT2D eigenvalue weighted by atomic mass is 16.6. The molecule has 1 aliphatic heterocycles. The zero-order chi connectivity index (χ0) is 9.03. The molecule has 0 aromatic heterocycles. The standard InChI is InChI=1S/C8H15NO3/c1-3-12-7(10)8(11-2)4-5-9-6-8/h9H,3-6H2,1-2H3. The van der Waals surface area contributed by atoms with Crippen LogP contribution in [0.5, 0.6) is 0 Å². The highest BCUT2D eigenvalue weighted by Gasteiger charge is 2.42. The van der Waals surface area contributed by atoms with Gasteiger partial charge in [0.1, 0.15) is 0 Å². The number of carbonyl (C=O) groups excluding carboxylic acids is 1. The quantitative estimate of drug-likeness (QED) is 0.607.